The number of aryl methyl sites for hydroxylation is 1. The molecule has 0 radical (unpaired) electrons. The molecule has 1 aromatic carbocycles. The van der Waals surface area contributed by atoms with Gasteiger partial charge in [-0.3, -0.25) is 0 Å². The zero-order chi connectivity index (χ0) is 13.1. The summed E-state index contributed by atoms with van der Waals surface area (Å²) in [7, 11) is 4.01. The van der Waals surface area contributed by atoms with Crippen molar-refractivity contribution in [2.24, 2.45) is 5.73 Å². The van der Waals surface area contributed by atoms with E-state index in [1.54, 1.807) is 6.08 Å². The van der Waals surface area contributed by atoms with Gasteiger partial charge in [0.25, 0.3) is 0 Å². The quantitative estimate of drug-likeness (QED) is 0.900. The van der Waals surface area contributed by atoms with Gasteiger partial charge in [0.05, 0.1) is 5.69 Å². The average molecular weight is 243 g/mol. The van der Waals surface area contributed by atoms with Crippen LogP contribution in [0, 0.1) is 6.92 Å². The summed E-state index contributed by atoms with van der Waals surface area (Å²) in [5.41, 5.74) is 9.64. The van der Waals surface area contributed by atoms with Gasteiger partial charge in [0, 0.05) is 37.6 Å². The lowest BCUT2D eigenvalue weighted by Gasteiger charge is -2.12. The van der Waals surface area contributed by atoms with Gasteiger partial charge in [0.15, 0.2) is 5.76 Å². The highest BCUT2D eigenvalue weighted by atomic mass is 16.5. The van der Waals surface area contributed by atoms with Gasteiger partial charge in [0.2, 0.25) is 0 Å². The summed E-state index contributed by atoms with van der Waals surface area (Å²) in [6, 6.07) is 9.89. The Morgan fingerprint density at radius 2 is 1.94 bits per heavy atom. The summed E-state index contributed by atoms with van der Waals surface area (Å²) in [5.74, 6) is 0.668. The summed E-state index contributed by atoms with van der Waals surface area (Å²) in [4.78, 5) is 2.05. The maximum Gasteiger partial charge on any atom is 0.161 e. The number of hydrogen-bond acceptors (Lipinski definition) is 4. The lowest BCUT2D eigenvalue weighted by molar-refractivity contribution is 0.408. The van der Waals surface area contributed by atoms with Crippen LogP contribution in [0.5, 0.6) is 0 Å². The molecular weight excluding hydrogens is 226 g/mol. The Labute approximate surface area is 107 Å². The summed E-state index contributed by atoms with van der Waals surface area (Å²) in [5, 5.41) is 3.82. The summed E-state index contributed by atoms with van der Waals surface area (Å²) in [6.07, 6.45) is 1.78. The lowest BCUT2D eigenvalue weighted by Crippen LogP contribution is -2.08. The Hall–Kier alpha value is -2.23. The van der Waals surface area contributed by atoms with E-state index < -0.39 is 0 Å². The number of nitrogens with zero attached hydrogens (tertiary/aromatic N) is 2. The van der Waals surface area contributed by atoms with E-state index in [2.05, 4.69) is 5.16 Å². The summed E-state index contributed by atoms with van der Waals surface area (Å²) in [6.45, 7) is 1.88. The topological polar surface area (TPSA) is 55.3 Å². The third-order valence-corrected chi connectivity index (χ3v) is 2.66. The minimum atomic E-state index is 0.663. The molecule has 2 aromatic rings. The highest BCUT2D eigenvalue weighted by molar-refractivity contribution is 5.78. The second-order valence-electron chi connectivity index (χ2n) is 4.41. The molecule has 4 nitrogen and oxygen atoms in total. The zero-order valence-corrected chi connectivity index (χ0v) is 10.8. The molecule has 2 rings (SSSR count). The van der Waals surface area contributed by atoms with E-state index in [1.165, 1.54) is 0 Å². The number of nitrogens with two attached hydrogens (primary N) is 1. The zero-order valence-electron chi connectivity index (χ0n) is 10.8. The van der Waals surface area contributed by atoms with E-state index in [9.17, 15) is 0 Å². The second-order valence-corrected chi connectivity index (χ2v) is 4.41. The lowest BCUT2D eigenvalue weighted by atomic mass is 10.1. The highest BCUT2D eigenvalue weighted by Crippen LogP contribution is 2.18. The molecule has 0 fully saturated rings. The van der Waals surface area contributed by atoms with Crippen LogP contribution in [-0.4, -0.2) is 19.3 Å². The molecule has 4 heteroatoms. The first-order chi connectivity index (χ1) is 8.56. The van der Waals surface area contributed by atoms with Crippen molar-refractivity contribution < 1.29 is 4.52 Å². The Morgan fingerprint density at radius 3 is 2.44 bits per heavy atom. The fraction of sp³-hybridized carbons (Fsp3) is 0.214. The summed E-state index contributed by atoms with van der Waals surface area (Å²) < 4.78 is 5.10. The standard InChI is InChI=1S/C14H17N3O/c1-10-8-13(18-16-10)9-14(15)11-4-6-12(7-5-11)17(2)3/h4-9H,15H2,1-3H3/b14-9-. The highest BCUT2D eigenvalue weighted by Gasteiger charge is 2.02. The molecule has 0 spiro atoms. The Kier molecular flexibility index (Phi) is 3.37. The molecule has 1 aromatic heterocycles. The molecule has 0 aliphatic heterocycles. The van der Waals surface area contributed by atoms with Crippen molar-refractivity contribution in [2.75, 3.05) is 19.0 Å². The van der Waals surface area contributed by atoms with Gasteiger partial charge in [-0.1, -0.05) is 17.3 Å². The third kappa shape index (κ3) is 2.71. The van der Waals surface area contributed by atoms with Crippen LogP contribution in [0.25, 0.3) is 11.8 Å². The first kappa shape index (κ1) is 12.2. The number of benzene rings is 1. The largest absolute Gasteiger partial charge is 0.398 e. The maximum absolute atomic E-state index is 6.02. The van der Waals surface area contributed by atoms with Gasteiger partial charge in [-0.05, 0) is 24.6 Å². The number of anilines is 1. The molecule has 0 atom stereocenters. The number of hydrogen-bond donors (Lipinski definition) is 1. The Bertz CT molecular complexity index is 553. The van der Waals surface area contributed by atoms with Crippen molar-refractivity contribution in [3.63, 3.8) is 0 Å². The average Bonchev–Trinajstić information content (AvgIpc) is 2.75. The SMILES string of the molecule is Cc1cc(/C=C(\N)c2ccc(N(C)C)cc2)on1. The van der Waals surface area contributed by atoms with E-state index in [-0.39, 0.29) is 0 Å². The van der Waals surface area contributed by atoms with Gasteiger partial charge in [-0.2, -0.15) is 0 Å². The van der Waals surface area contributed by atoms with E-state index in [0.717, 1.165) is 16.9 Å². The third-order valence-electron chi connectivity index (χ3n) is 2.66. The molecule has 0 saturated carbocycles. The molecule has 1 heterocycles. The second kappa shape index (κ2) is 4.96. The van der Waals surface area contributed by atoms with Gasteiger partial charge in [0.1, 0.15) is 0 Å². The van der Waals surface area contributed by atoms with E-state index in [4.69, 9.17) is 10.3 Å². The molecule has 0 amide bonds. The van der Waals surface area contributed by atoms with Crippen molar-refractivity contribution in [1.82, 2.24) is 5.16 Å². The molecule has 2 N–H and O–H groups in total. The van der Waals surface area contributed by atoms with Crippen molar-refractivity contribution in [2.45, 2.75) is 6.92 Å². The molecule has 0 bridgehead atoms. The fourth-order valence-corrected chi connectivity index (χ4v) is 1.64. The van der Waals surface area contributed by atoms with Crippen molar-refractivity contribution >= 4 is 17.5 Å². The predicted octanol–water partition coefficient (Wildman–Crippen LogP) is 2.51. The molecule has 18 heavy (non-hydrogen) atoms. The number of rotatable bonds is 3. The minimum Gasteiger partial charge on any atom is -0.398 e. The van der Waals surface area contributed by atoms with Gasteiger partial charge < -0.3 is 15.2 Å². The first-order valence-electron chi connectivity index (χ1n) is 5.74. The molecule has 0 unspecified atom stereocenters. The molecule has 94 valence electrons. The smallest absolute Gasteiger partial charge is 0.161 e. The normalized spacial score (nSPS) is 11.6. The van der Waals surface area contributed by atoms with Crippen molar-refractivity contribution in [3.05, 3.63) is 47.3 Å². The molecule has 0 aliphatic rings. The van der Waals surface area contributed by atoms with Crippen LogP contribution in [0.1, 0.15) is 17.0 Å². The van der Waals surface area contributed by atoms with Crippen LogP contribution < -0.4 is 10.6 Å². The number of aromatic nitrogens is 1. The maximum atomic E-state index is 6.02. The van der Waals surface area contributed by atoms with Crippen LogP contribution in [0.15, 0.2) is 34.9 Å². The van der Waals surface area contributed by atoms with Crippen molar-refractivity contribution in [1.29, 1.82) is 0 Å². The van der Waals surface area contributed by atoms with Gasteiger partial charge in [-0.15, -0.1) is 0 Å². The van der Waals surface area contributed by atoms with E-state index >= 15 is 0 Å². The molecular formula is C14H17N3O. The monoisotopic (exact) mass is 243 g/mol. The van der Waals surface area contributed by atoms with Crippen LogP contribution in [-0.2, 0) is 0 Å². The van der Waals surface area contributed by atoms with Crippen molar-refractivity contribution in [3.8, 4) is 0 Å². The Morgan fingerprint density at radius 1 is 1.28 bits per heavy atom. The Balaban J connectivity index is 2.23. The van der Waals surface area contributed by atoms with Gasteiger partial charge in [-0.25, -0.2) is 0 Å². The fourth-order valence-electron chi connectivity index (χ4n) is 1.64. The molecule has 0 aliphatic carbocycles. The van der Waals surface area contributed by atoms with Crippen LogP contribution in [0.3, 0.4) is 0 Å². The minimum absolute atomic E-state index is 0.663. The first-order valence-corrected chi connectivity index (χ1v) is 5.74. The van der Waals surface area contributed by atoms with Gasteiger partial charge >= 0.3 is 0 Å². The summed E-state index contributed by atoms with van der Waals surface area (Å²) >= 11 is 0. The van der Waals surface area contributed by atoms with Crippen LogP contribution >= 0.6 is 0 Å². The predicted molar refractivity (Wildman–Crippen MR) is 74.1 cm³/mol. The molecule has 0 saturated heterocycles. The van der Waals surface area contributed by atoms with Crippen LogP contribution in [0.4, 0.5) is 5.69 Å². The van der Waals surface area contributed by atoms with E-state index in [0.29, 0.717) is 11.5 Å². The van der Waals surface area contributed by atoms with Crippen LogP contribution in [0.2, 0.25) is 0 Å². The van der Waals surface area contributed by atoms with E-state index in [1.807, 2.05) is 56.3 Å².